The van der Waals surface area contributed by atoms with Crippen molar-refractivity contribution in [2.45, 2.75) is 234 Å². The molecule has 0 spiro atoms. The molecule has 0 unspecified atom stereocenters. The first-order valence-electron chi connectivity index (χ1n) is 26.8. The summed E-state index contributed by atoms with van der Waals surface area (Å²) >= 11 is 0. The van der Waals surface area contributed by atoms with Crippen LogP contribution < -0.4 is 0 Å². The number of aliphatic hydroxyl groups excluding tert-OH is 12. The lowest BCUT2D eigenvalue weighted by atomic mass is 9.46. The molecule has 8 fully saturated rings. The minimum Gasteiger partial charge on any atom is -0.492 e. The molecule has 0 bridgehead atoms. The van der Waals surface area contributed by atoms with Crippen LogP contribution in [0, 0.1) is 40.4 Å². The molecule has 0 amide bonds. The second kappa shape index (κ2) is 22.2. The van der Waals surface area contributed by atoms with Gasteiger partial charge in [0.2, 0.25) is 0 Å². The molecule has 74 heavy (non-hydrogen) atoms. The zero-order valence-electron chi connectivity index (χ0n) is 43.5. The van der Waals surface area contributed by atoms with Crippen LogP contribution in [0.2, 0.25) is 0 Å². The third-order valence-electron chi connectivity index (χ3n) is 19.3. The standard InChI is InChI=1S/C52H84O22/c1-21(20-66-46-39(61)38(60)35(57)30(18-53)71-46)8-11-32-52(6,65-7)45-29(70-32)17-28-26-10-9-24-16-25(12-14-50(24,4)27(26)13-15-51(28,45)5)69-49-44(74-48-41(63)37(59)34(56)23(3)68-48)42(64)43(31(19-54)72-49)73-47-40(62)36(58)33(55)22(2)67-47/h9,11,21-23,25-31,33-49,53-64H,8,10,12-20H2,1-7H3/b32-11-/t21-,22-,23-,25-,26+,27-,28-,29-,30+,31+,33-,34-,35+,36+,37+,38-,39+,40+,41+,42-,43+,44+,45-,46+,47-,48-,49+,50-,51-,52-/m0/s1. The van der Waals surface area contributed by atoms with Crippen molar-refractivity contribution in [1.29, 1.82) is 0 Å². The average Bonchev–Trinajstić information content (AvgIpc) is 3.85. The fourth-order valence-electron chi connectivity index (χ4n) is 14.8. The van der Waals surface area contributed by atoms with Gasteiger partial charge in [-0.05, 0) is 113 Å². The van der Waals surface area contributed by atoms with Gasteiger partial charge in [-0.25, -0.2) is 0 Å². The van der Waals surface area contributed by atoms with Gasteiger partial charge in [0.25, 0.3) is 0 Å². The van der Waals surface area contributed by atoms with Crippen LogP contribution in [0.1, 0.15) is 92.9 Å². The number of allylic oxidation sites excluding steroid dienone is 2. The van der Waals surface area contributed by atoms with Gasteiger partial charge in [-0.2, -0.15) is 0 Å². The Kier molecular flexibility index (Phi) is 17.1. The summed E-state index contributed by atoms with van der Waals surface area (Å²) in [5.41, 5.74) is 0.382. The Bertz CT molecular complexity index is 1980. The van der Waals surface area contributed by atoms with Gasteiger partial charge in [0.05, 0.1) is 38.1 Å². The Hall–Kier alpha value is -1.56. The van der Waals surface area contributed by atoms with E-state index in [-0.39, 0.29) is 35.4 Å². The number of ether oxygens (including phenoxy) is 10. The van der Waals surface area contributed by atoms with Crippen molar-refractivity contribution in [3.8, 4) is 0 Å². The van der Waals surface area contributed by atoms with Crippen LogP contribution in [0.5, 0.6) is 0 Å². The molecule has 0 aromatic heterocycles. The molecule has 424 valence electrons. The van der Waals surface area contributed by atoms with Crippen molar-refractivity contribution in [3.63, 3.8) is 0 Å². The lowest BCUT2D eigenvalue weighted by Crippen LogP contribution is -2.66. The van der Waals surface area contributed by atoms with Gasteiger partial charge in [-0.15, -0.1) is 0 Å². The van der Waals surface area contributed by atoms with Crippen molar-refractivity contribution in [3.05, 3.63) is 23.5 Å². The second-order valence-corrected chi connectivity index (χ2v) is 23.7. The van der Waals surface area contributed by atoms with E-state index in [9.17, 15) is 61.3 Å². The summed E-state index contributed by atoms with van der Waals surface area (Å²) in [6.07, 6.45) is -18.5. The summed E-state index contributed by atoms with van der Waals surface area (Å²) < 4.78 is 61.4. The quantitative estimate of drug-likeness (QED) is 0.0890. The first-order chi connectivity index (χ1) is 35.0. The van der Waals surface area contributed by atoms with Crippen LogP contribution in [-0.2, 0) is 47.4 Å². The summed E-state index contributed by atoms with van der Waals surface area (Å²) in [7, 11) is 1.74. The molecule has 30 atom stereocenters. The number of aliphatic hydroxyl groups is 12. The van der Waals surface area contributed by atoms with Crippen molar-refractivity contribution in [2.24, 2.45) is 40.4 Å². The normalized spacial score (nSPS) is 54.4. The highest BCUT2D eigenvalue weighted by atomic mass is 16.8. The predicted molar refractivity (Wildman–Crippen MR) is 254 cm³/mol. The molecule has 12 N–H and O–H groups in total. The summed E-state index contributed by atoms with van der Waals surface area (Å²) in [6, 6.07) is 0. The number of methoxy groups -OCH3 is 1. The lowest BCUT2D eigenvalue weighted by molar-refractivity contribution is -0.388. The topological polar surface area (TPSA) is 335 Å². The number of rotatable bonds is 14. The van der Waals surface area contributed by atoms with E-state index >= 15 is 0 Å². The van der Waals surface area contributed by atoms with E-state index in [1.54, 1.807) is 7.11 Å². The smallest absolute Gasteiger partial charge is 0.187 e. The Morgan fingerprint density at radius 2 is 1.26 bits per heavy atom. The molecule has 4 aliphatic carbocycles. The lowest BCUT2D eigenvalue weighted by Gasteiger charge is -2.59. The summed E-state index contributed by atoms with van der Waals surface area (Å²) in [5, 5.41) is 127. The highest BCUT2D eigenvalue weighted by Gasteiger charge is 2.69. The number of fused-ring (bicyclic) bond motifs is 7. The minimum atomic E-state index is -1.75. The molecule has 9 aliphatic rings. The van der Waals surface area contributed by atoms with Crippen molar-refractivity contribution in [2.75, 3.05) is 26.9 Å². The van der Waals surface area contributed by atoms with Gasteiger partial charge in [-0.1, -0.05) is 32.4 Å². The molecular formula is C52H84O22. The first-order valence-corrected chi connectivity index (χ1v) is 26.8. The maximum Gasteiger partial charge on any atom is 0.187 e. The monoisotopic (exact) mass is 1060 g/mol. The molecule has 5 saturated heterocycles. The molecule has 22 nitrogen and oxygen atoms in total. The zero-order valence-corrected chi connectivity index (χ0v) is 43.5. The highest BCUT2D eigenvalue weighted by Crippen LogP contribution is 2.70. The van der Waals surface area contributed by atoms with Crippen LogP contribution in [0.3, 0.4) is 0 Å². The van der Waals surface area contributed by atoms with E-state index in [1.165, 1.54) is 19.4 Å². The Balaban J connectivity index is 0.869. The number of hydrogen-bond acceptors (Lipinski definition) is 22. The molecule has 0 aromatic carbocycles. The van der Waals surface area contributed by atoms with Gasteiger partial charge < -0.3 is 109 Å². The minimum absolute atomic E-state index is 0.0422. The fourth-order valence-corrected chi connectivity index (χ4v) is 14.8. The molecule has 5 aliphatic heterocycles. The first kappa shape index (κ1) is 57.1. The second-order valence-electron chi connectivity index (χ2n) is 23.7. The van der Waals surface area contributed by atoms with Crippen LogP contribution in [0.15, 0.2) is 23.5 Å². The van der Waals surface area contributed by atoms with Gasteiger partial charge in [0.15, 0.2) is 25.2 Å². The maximum absolute atomic E-state index is 12.1. The maximum atomic E-state index is 12.1. The molecule has 5 heterocycles. The third kappa shape index (κ3) is 9.98. The molecule has 0 aromatic rings. The van der Waals surface area contributed by atoms with Gasteiger partial charge in [0.1, 0.15) is 103 Å². The van der Waals surface area contributed by atoms with E-state index in [1.807, 2.05) is 6.92 Å². The van der Waals surface area contributed by atoms with Gasteiger partial charge >= 0.3 is 0 Å². The molecular weight excluding hydrogens is 977 g/mol. The molecule has 9 rings (SSSR count). The van der Waals surface area contributed by atoms with Crippen molar-refractivity contribution in [1.82, 2.24) is 0 Å². The van der Waals surface area contributed by atoms with Gasteiger partial charge in [-0.3, -0.25) is 0 Å². The van der Waals surface area contributed by atoms with Gasteiger partial charge in [0, 0.05) is 13.0 Å². The summed E-state index contributed by atoms with van der Waals surface area (Å²) in [5.74, 6) is 2.02. The van der Waals surface area contributed by atoms with Crippen LogP contribution >= 0.6 is 0 Å². The van der Waals surface area contributed by atoms with E-state index in [0.29, 0.717) is 37.0 Å². The molecule has 22 heteroatoms. The predicted octanol–water partition coefficient (Wildman–Crippen LogP) is -1.41. The highest BCUT2D eigenvalue weighted by molar-refractivity contribution is 5.30. The summed E-state index contributed by atoms with van der Waals surface area (Å²) in [4.78, 5) is 0. The van der Waals surface area contributed by atoms with Crippen molar-refractivity contribution < 1.29 is 109 Å². The SMILES string of the molecule is CO[C@@]1(C)/C(=C/C[C@H](C)CO[C@@H]2O[C@H](CO)[C@@H](O)[C@H](O)[C@H]2O)O[C@H]2C[C@H]3[C@@H]4CC=C5C[C@@H](O[C@@H]6O[C@H](CO)[C@@H](O[C@@H]7O[C@@H](C)[C@H](O)[C@@H](O)[C@H]7O)[C@H](O)[C@H]6O[C@@H]6O[C@@H](C)[C@H](O)[C@@H](O)[C@H]6O)CC[C@]5(C)[C@H]4CC[C@]3(C)[C@H]21. The van der Waals surface area contributed by atoms with Crippen LogP contribution in [-0.4, -0.2) is 229 Å². The Morgan fingerprint density at radius 1 is 0.662 bits per heavy atom. The largest absolute Gasteiger partial charge is 0.492 e. The van der Waals surface area contributed by atoms with E-state index in [0.717, 1.165) is 37.9 Å². The van der Waals surface area contributed by atoms with E-state index in [2.05, 4.69) is 32.9 Å². The fraction of sp³-hybridized carbons (Fsp3) is 0.923. The van der Waals surface area contributed by atoms with Crippen molar-refractivity contribution >= 4 is 0 Å². The average molecular weight is 1060 g/mol. The molecule has 3 saturated carbocycles. The zero-order chi connectivity index (χ0) is 53.5. The molecule has 0 radical (unpaired) electrons. The van der Waals surface area contributed by atoms with E-state index < -0.39 is 148 Å². The Labute approximate surface area is 432 Å². The van der Waals surface area contributed by atoms with Crippen LogP contribution in [0.4, 0.5) is 0 Å². The third-order valence-corrected chi connectivity index (χ3v) is 19.3. The number of hydrogen-bond donors (Lipinski definition) is 12. The van der Waals surface area contributed by atoms with Crippen LogP contribution in [0.25, 0.3) is 0 Å². The Morgan fingerprint density at radius 3 is 1.88 bits per heavy atom. The van der Waals surface area contributed by atoms with E-state index in [4.69, 9.17) is 47.4 Å². The summed E-state index contributed by atoms with van der Waals surface area (Å²) in [6.45, 7) is 10.8.